The lowest BCUT2D eigenvalue weighted by Gasteiger charge is -2.24. The molecule has 1 aromatic carbocycles. The Morgan fingerprint density at radius 1 is 1.43 bits per heavy atom. The summed E-state index contributed by atoms with van der Waals surface area (Å²) in [6, 6.07) is 8.49. The summed E-state index contributed by atoms with van der Waals surface area (Å²) in [5.74, 6) is 0. The van der Waals surface area contributed by atoms with E-state index in [1.807, 2.05) is 0 Å². The first-order chi connectivity index (χ1) is 6.77. The molecule has 0 radical (unpaired) electrons. The average molecular weight is 206 g/mol. The van der Waals surface area contributed by atoms with Gasteiger partial charge in [-0.2, -0.15) is 0 Å². The molecule has 1 unspecified atom stereocenters. The van der Waals surface area contributed by atoms with Gasteiger partial charge in [-0.25, -0.2) is 0 Å². The Bertz CT molecular complexity index is 349. The van der Waals surface area contributed by atoms with Crippen LogP contribution in [0, 0.1) is 5.41 Å². The zero-order chi connectivity index (χ0) is 9.97. The van der Waals surface area contributed by atoms with Crippen molar-refractivity contribution in [2.45, 2.75) is 24.5 Å². The van der Waals surface area contributed by atoms with E-state index in [2.05, 4.69) is 24.3 Å². The summed E-state index contributed by atoms with van der Waals surface area (Å²) in [5, 5.41) is 7.94. The van der Waals surface area contributed by atoms with Crippen LogP contribution in [0.15, 0.2) is 24.3 Å². The van der Waals surface area contributed by atoms with Gasteiger partial charge in [0.2, 0.25) is 0 Å². The molecule has 1 aliphatic carbocycles. The molecule has 2 rings (SSSR count). The first-order valence-corrected chi connectivity index (χ1v) is 5.74. The second-order valence-electron chi connectivity index (χ2n) is 3.56. The number of benzene rings is 1. The van der Waals surface area contributed by atoms with E-state index in [0.29, 0.717) is 5.25 Å². The van der Waals surface area contributed by atoms with Crippen LogP contribution in [0.25, 0.3) is 0 Å². The van der Waals surface area contributed by atoms with Crippen LogP contribution >= 0.6 is 11.8 Å². The predicted octanol–water partition coefficient (Wildman–Crippen LogP) is 2.69. The Balaban J connectivity index is 2.26. The Hall–Kier alpha value is -0.960. The van der Waals surface area contributed by atoms with E-state index >= 15 is 0 Å². The number of nitrogens with two attached hydrogens (primary N) is 1. The fraction of sp³-hybridized carbons (Fsp3) is 0.364. The van der Waals surface area contributed by atoms with Crippen molar-refractivity contribution in [3.8, 4) is 0 Å². The van der Waals surface area contributed by atoms with Crippen LogP contribution < -0.4 is 5.73 Å². The first kappa shape index (κ1) is 9.59. The van der Waals surface area contributed by atoms with Crippen molar-refractivity contribution in [1.82, 2.24) is 0 Å². The minimum Gasteiger partial charge on any atom is -0.379 e. The number of fused-ring (bicyclic) bond motifs is 1. The Morgan fingerprint density at radius 2 is 2.21 bits per heavy atom. The monoisotopic (exact) mass is 206 g/mol. The number of hydrogen-bond acceptors (Lipinski definition) is 2. The fourth-order valence-corrected chi connectivity index (χ4v) is 2.93. The van der Waals surface area contributed by atoms with Crippen LogP contribution in [0.4, 0.5) is 0 Å². The molecule has 2 nitrogen and oxygen atoms in total. The van der Waals surface area contributed by atoms with Gasteiger partial charge < -0.3 is 5.73 Å². The van der Waals surface area contributed by atoms with Crippen LogP contribution in [-0.2, 0) is 6.42 Å². The molecule has 0 bridgehead atoms. The molecule has 1 atom stereocenters. The van der Waals surface area contributed by atoms with Crippen LogP contribution in [0.3, 0.4) is 0 Å². The molecule has 0 spiro atoms. The topological polar surface area (TPSA) is 49.9 Å². The summed E-state index contributed by atoms with van der Waals surface area (Å²) in [4.78, 5) is 0. The van der Waals surface area contributed by atoms with Crippen molar-refractivity contribution in [3.63, 3.8) is 0 Å². The lowest BCUT2D eigenvalue weighted by atomic mass is 9.91. The highest BCUT2D eigenvalue weighted by Crippen LogP contribution is 2.39. The van der Waals surface area contributed by atoms with E-state index in [-0.39, 0.29) is 5.17 Å². The number of amidine groups is 1. The normalized spacial score (nSPS) is 20.1. The van der Waals surface area contributed by atoms with Crippen molar-refractivity contribution in [3.05, 3.63) is 35.4 Å². The van der Waals surface area contributed by atoms with E-state index in [0.717, 1.165) is 6.42 Å². The third kappa shape index (κ3) is 1.93. The van der Waals surface area contributed by atoms with Crippen LogP contribution in [0.2, 0.25) is 0 Å². The maximum absolute atomic E-state index is 7.31. The van der Waals surface area contributed by atoms with Gasteiger partial charge >= 0.3 is 0 Å². The van der Waals surface area contributed by atoms with Crippen LogP contribution in [-0.4, -0.2) is 5.17 Å². The van der Waals surface area contributed by atoms with Gasteiger partial charge in [0.15, 0.2) is 5.17 Å². The van der Waals surface area contributed by atoms with Crippen molar-refractivity contribution in [2.75, 3.05) is 0 Å². The molecule has 0 fully saturated rings. The molecule has 1 aromatic rings. The average Bonchev–Trinajstić information content (AvgIpc) is 2.18. The number of thioether (sulfide) groups is 1. The van der Waals surface area contributed by atoms with E-state index in [4.69, 9.17) is 11.1 Å². The highest BCUT2D eigenvalue weighted by Gasteiger charge is 2.20. The second kappa shape index (κ2) is 4.05. The third-order valence-corrected chi connectivity index (χ3v) is 3.61. The summed E-state index contributed by atoms with van der Waals surface area (Å²) >= 11 is 1.48. The van der Waals surface area contributed by atoms with Gasteiger partial charge in [0.05, 0.1) is 0 Å². The van der Waals surface area contributed by atoms with E-state index < -0.39 is 0 Å². The quantitative estimate of drug-likeness (QED) is 0.548. The SMILES string of the molecule is N=C(N)SC1CCCc2ccccc21. The molecule has 0 heterocycles. The molecule has 74 valence electrons. The van der Waals surface area contributed by atoms with Gasteiger partial charge in [-0.3, -0.25) is 5.41 Å². The first-order valence-electron chi connectivity index (χ1n) is 4.86. The fourth-order valence-electron chi connectivity index (χ4n) is 1.99. The van der Waals surface area contributed by atoms with Gasteiger partial charge in [0.25, 0.3) is 0 Å². The van der Waals surface area contributed by atoms with Gasteiger partial charge in [0.1, 0.15) is 0 Å². The summed E-state index contributed by atoms with van der Waals surface area (Å²) in [5.41, 5.74) is 8.23. The van der Waals surface area contributed by atoms with Gasteiger partial charge in [0, 0.05) is 5.25 Å². The molecule has 14 heavy (non-hydrogen) atoms. The summed E-state index contributed by atoms with van der Waals surface area (Å²) < 4.78 is 0. The molecule has 0 amide bonds. The molecule has 0 saturated heterocycles. The van der Waals surface area contributed by atoms with Crippen LogP contribution in [0.5, 0.6) is 0 Å². The minimum absolute atomic E-state index is 0.228. The summed E-state index contributed by atoms with van der Waals surface area (Å²) in [6.07, 6.45) is 3.52. The minimum atomic E-state index is 0.228. The second-order valence-corrected chi connectivity index (χ2v) is 4.81. The van der Waals surface area contributed by atoms with Crippen molar-refractivity contribution in [1.29, 1.82) is 5.41 Å². The third-order valence-electron chi connectivity index (χ3n) is 2.58. The maximum atomic E-state index is 7.31. The van der Waals surface area contributed by atoms with Gasteiger partial charge in [-0.1, -0.05) is 36.0 Å². The Morgan fingerprint density at radius 3 is 3.00 bits per heavy atom. The number of nitrogens with one attached hydrogen (secondary N) is 1. The van der Waals surface area contributed by atoms with Gasteiger partial charge in [-0.15, -0.1) is 0 Å². The predicted molar refractivity (Wildman–Crippen MR) is 61.6 cm³/mol. The standard InChI is InChI=1S/C11H14N2S/c12-11(13)14-10-7-3-5-8-4-1-2-6-9(8)10/h1-2,4,6,10H,3,5,7H2,(H3,12,13). The lowest BCUT2D eigenvalue weighted by molar-refractivity contribution is 0.675. The molecular weight excluding hydrogens is 192 g/mol. The van der Waals surface area contributed by atoms with Gasteiger partial charge in [-0.05, 0) is 30.4 Å². The number of hydrogen-bond donors (Lipinski definition) is 2. The smallest absolute Gasteiger partial charge is 0.151 e. The molecule has 3 heteroatoms. The summed E-state index contributed by atoms with van der Waals surface area (Å²) in [7, 11) is 0. The molecule has 0 aliphatic heterocycles. The highest BCUT2D eigenvalue weighted by molar-refractivity contribution is 8.13. The van der Waals surface area contributed by atoms with Crippen molar-refractivity contribution >= 4 is 16.9 Å². The highest BCUT2D eigenvalue weighted by atomic mass is 32.2. The van der Waals surface area contributed by atoms with E-state index in [1.54, 1.807) is 0 Å². The van der Waals surface area contributed by atoms with E-state index in [9.17, 15) is 0 Å². The number of aryl methyl sites for hydroxylation is 1. The molecule has 1 aliphatic rings. The maximum Gasteiger partial charge on any atom is 0.151 e. The van der Waals surface area contributed by atoms with Crippen molar-refractivity contribution < 1.29 is 0 Å². The Labute approximate surface area is 88.4 Å². The largest absolute Gasteiger partial charge is 0.379 e. The molecule has 0 saturated carbocycles. The van der Waals surface area contributed by atoms with Crippen molar-refractivity contribution in [2.24, 2.45) is 5.73 Å². The lowest BCUT2D eigenvalue weighted by Crippen LogP contribution is -2.12. The van der Waals surface area contributed by atoms with Crippen LogP contribution in [0.1, 0.15) is 29.2 Å². The number of rotatable bonds is 1. The molecule has 0 aromatic heterocycles. The zero-order valence-corrected chi connectivity index (χ0v) is 8.81. The Kier molecular flexibility index (Phi) is 2.77. The van der Waals surface area contributed by atoms with E-state index in [1.165, 1.54) is 35.7 Å². The zero-order valence-electron chi connectivity index (χ0n) is 7.99. The molecule has 3 N–H and O–H groups in total. The summed E-state index contributed by atoms with van der Waals surface area (Å²) in [6.45, 7) is 0. The molecular formula is C11H14N2S.